The highest BCUT2D eigenvalue weighted by molar-refractivity contribution is 8.01. The molecule has 0 aliphatic carbocycles. The van der Waals surface area contributed by atoms with Gasteiger partial charge in [0, 0.05) is 11.0 Å². The Kier molecular flexibility index (Phi) is 4.23. The van der Waals surface area contributed by atoms with Gasteiger partial charge in [-0.25, -0.2) is 9.59 Å². The molecule has 1 aromatic rings. The van der Waals surface area contributed by atoms with E-state index < -0.39 is 29.3 Å². The van der Waals surface area contributed by atoms with Crippen molar-refractivity contribution in [1.82, 2.24) is 25.1 Å². The number of amides is 1. The summed E-state index contributed by atoms with van der Waals surface area (Å²) in [5, 5.41) is 28.0. The molecule has 1 amide bonds. The normalized spacial score (nSPS) is 24.4. The summed E-state index contributed by atoms with van der Waals surface area (Å²) in [6.07, 6.45) is -1.34. The zero-order chi connectivity index (χ0) is 17.6. The van der Waals surface area contributed by atoms with E-state index in [1.807, 2.05) is 0 Å². The van der Waals surface area contributed by atoms with Crippen molar-refractivity contribution in [3.05, 3.63) is 11.3 Å². The molecular weight excluding hydrogens is 360 g/mol. The minimum atomic E-state index is -1.34. The Morgan fingerprint density at radius 1 is 1.46 bits per heavy atom. The number of hydrogen-bond acceptors (Lipinski definition) is 9. The number of nitrogens with zero attached hydrogens (tertiary/aromatic N) is 5. The third-order valence-corrected chi connectivity index (χ3v) is 6.06. The van der Waals surface area contributed by atoms with Crippen LogP contribution in [0.1, 0.15) is 6.92 Å². The summed E-state index contributed by atoms with van der Waals surface area (Å²) in [6, 6.07) is -0.701. The fourth-order valence-electron chi connectivity index (χ4n) is 2.45. The highest BCUT2D eigenvalue weighted by Crippen LogP contribution is 2.42. The Balaban J connectivity index is 1.91. The lowest BCUT2D eigenvalue weighted by Gasteiger charge is -2.48. The first-order valence-corrected chi connectivity index (χ1v) is 8.60. The molecular formula is C11H12N6O5S2. The summed E-state index contributed by atoms with van der Waals surface area (Å²) in [7, 11) is 0. The van der Waals surface area contributed by atoms with Crippen LogP contribution in [0.5, 0.6) is 0 Å². The molecule has 3 rings (SSSR count). The number of aliphatic carboxylic acids is 1. The Morgan fingerprint density at radius 2 is 2.17 bits per heavy atom. The largest absolute Gasteiger partial charge is 0.477 e. The van der Waals surface area contributed by atoms with Gasteiger partial charge in [-0.05, 0) is 22.9 Å². The molecule has 24 heavy (non-hydrogen) atoms. The van der Waals surface area contributed by atoms with Crippen LogP contribution in [0.4, 0.5) is 4.79 Å². The first-order chi connectivity index (χ1) is 11.3. The van der Waals surface area contributed by atoms with E-state index in [0.717, 1.165) is 11.8 Å². The van der Waals surface area contributed by atoms with Crippen LogP contribution in [-0.4, -0.2) is 75.7 Å². The van der Waals surface area contributed by atoms with Gasteiger partial charge in [0.15, 0.2) is 0 Å². The highest BCUT2D eigenvalue weighted by Gasteiger charge is 2.52. The second kappa shape index (κ2) is 6.07. The number of hydrogen-bond donors (Lipinski definition) is 3. The van der Waals surface area contributed by atoms with Gasteiger partial charge in [0.05, 0.1) is 0 Å². The van der Waals surface area contributed by atoms with Crippen molar-refractivity contribution in [3.8, 4) is 0 Å². The van der Waals surface area contributed by atoms with Gasteiger partial charge in [0.2, 0.25) is 11.1 Å². The van der Waals surface area contributed by atoms with Gasteiger partial charge >= 0.3 is 12.1 Å². The number of thioether (sulfide) groups is 2. The van der Waals surface area contributed by atoms with Crippen LogP contribution in [0.15, 0.2) is 16.4 Å². The summed E-state index contributed by atoms with van der Waals surface area (Å²) in [4.78, 5) is 35.8. The molecule has 1 aromatic heterocycles. The number of nitrogens with two attached hydrogens (primary N) is 1. The molecule has 2 unspecified atom stereocenters. The molecule has 4 N–H and O–H groups in total. The SMILES string of the molecule is CC(Sc1nnnn1C(=O)O)C1=C(C(=O)O)N2C(=O)C(N)[C@H]2SC1. The standard InChI is InChI=1S/C11H12N6O5S2/c1-3(24-10-13-14-15-17(10)11(21)22)4-2-23-8-5(12)7(18)16(8)6(4)9(19)20/h3,5,8H,2,12H2,1H3,(H,19,20)(H,21,22)/t3?,5?,8-/m1/s1. The number of carbonyl (C=O) groups is 3. The molecule has 1 fully saturated rings. The molecule has 0 aromatic carbocycles. The van der Waals surface area contributed by atoms with Gasteiger partial charge in [-0.15, -0.1) is 21.5 Å². The lowest BCUT2D eigenvalue weighted by molar-refractivity contribution is -0.148. The maximum Gasteiger partial charge on any atom is 0.436 e. The van der Waals surface area contributed by atoms with Crippen LogP contribution in [-0.2, 0) is 9.59 Å². The average Bonchev–Trinajstić information content (AvgIpc) is 3.00. The molecule has 0 spiro atoms. The van der Waals surface area contributed by atoms with Crippen LogP contribution < -0.4 is 5.73 Å². The first kappa shape index (κ1) is 16.7. The topological polar surface area (TPSA) is 165 Å². The minimum absolute atomic E-state index is 0.0194. The zero-order valence-corrected chi connectivity index (χ0v) is 13.8. The molecule has 2 aliphatic heterocycles. The lowest BCUT2D eigenvalue weighted by Crippen LogP contribution is -2.68. The van der Waals surface area contributed by atoms with Crippen molar-refractivity contribution in [1.29, 1.82) is 0 Å². The van der Waals surface area contributed by atoms with E-state index >= 15 is 0 Å². The summed E-state index contributed by atoms with van der Waals surface area (Å²) in [6.45, 7) is 1.70. The molecule has 2 aliphatic rings. The van der Waals surface area contributed by atoms with E-state index in [-0.39, 0.29) is 16.2 Å². The first-order valence-electron chi connectivity index (χ1n) is 6.67. The number of carboxylic acid groups (broad SMARTS) is 2. The molecule has 128 valence electrons. The Labute approximate surface area is 143 Å². The van der Waals surface area contributed by atoms with Gasteiger partial charge in [-0.3, -0.25) is 9.69 Å². The molecule has 13 heteroatoms. The molecule has 11 nitrogen and oxygen atoms in total. The van der Waals surface area contributed by atoms with Crippen molar-refractivity contribution < 1.29 is 24.6 Å². The fourth-order valence-corrected chi connectivity index (χ4v) is 4.93. The molecule has 3 heterocycles. The zero-order valence-electron chi connectivity index (χ0n) is 12.2. The molecule has 0 saturated carbocycles. The third kappa shape index (κ3) is 2.53. The lowest BCUT2D eigenvalue weighted by atomic mass is 10.0. The van der Waals surface area contributed by atoms with Gasteiger partial charge < -0.3 is 15.9 Å². The van der Waals surface area contributed by atoms with Crippen LogP contribution in [0, 0.1) is 0 Å². The molecule has 1 saturated heterocycles. The van der Waals surface area contributed by atoms with Crippen LogP contribution in [0.3, 0.4) is 0 Å². The van der Waals surface area contributed by atoms with Gasteiger partial charge in [0.1, 0.15) is 17.1 Å². The van der Waals surface area contributed by atoms with Crippen molar-refractivity contribution in [2.45, 2.75) is 28.7 Å². The second-order valence-electron chi connectivity index (χ2n) is 5.03. The van der Waals surface area contributed by atoms with Gasteiger partial charge in [-0.2, -0.15) is 0 Å². The van der Waals surface area contributed by atoms with Crippen molar-refractivity contribution in [2.24, 2.45) is 5.73 Å². The monoisotopic (exact) mass is 372 g/mol. The number of carboxylic acids is 1. The highest BCUT2D eigenvalue weighted by atomic mass is 32.2. The number of tetrazole rings is 1. The number of carbonyl (C=O) groups excluding carboxylic acids is 1. The molecule has 0 bridgehead atoms. The molecule has 3 atom stereocenters. The van der Waals surface area contributed by atoms with Crippen molar-refractivity contribution in [2.75, 3.05) is 5.75 Å². The third-order valence-electron chi connectivity index (χ3n) is 3.64. The second-order valence-corrected chi connectivity index (χ2v) is 7.44. The van der Waals surface area contributed by atoms with E-state index in [4.69, 9.17) is 10.8 Å². The quantitative estimate of drug-likeness (QED) is 0.346. The molecule has 0 radical (unpaired) electrons. The minimum Gasteiger partial charge on any atom is -0.477 e. The predicted octanol–water partition coefficient (Wildman–Crippen LogP) is -0.739. The smallest absolute Gasteiger partial charge is 0.436 e. The van der Waals surface area contributed by atoms with Gasteiger partial charge in [0.25, 0.3) is 0 Å². The van der Waals surface area contributed by atoms with Crippen molar-refractivity contribution in [3.63, 3.8) is 0 Å². The van der Waals surface area contributed by atoms with E-state index in [1.54, 1.807) is 6.92 Å². The van der Waals surface area contributed by atoms with Crippen molar-refractivity contribution >= 4 is 41.5 Å². The predicted molar refractivity (Wildman–Crippen MR) is 82.3 cm³/mol. The Bertz CT molecular complexity index is 764. The summed E-state index contributed by atoms with van der Waals surface area (Å²) >= 11 is 2.38. The number of rotatable bonds is 4. The summed E-state index contributed by atoms with van der Waals surface area (Å²) < 4.78 is 0.603. The van der Waals surface area contributed by atoms with Crippen LogP contribution in [0.25, 0.3) is 0 Å². The number of β-lactam (4-membered cyclic amide) rings is 1. The van der Waals surface area contributed by atoms with E-state index in [9.17, 15) is 19.5 Å². The van der Waals surface area contributed by atoms with E-state index in [1.165, 1.54) is 16.7 Å². The Hall–Kier alpha value is -2.12. The number of aromatic nitrogens is 4. The van der Waals surface area contributed by atoms with Gasteiger partial charge in [-0.1, -0.05) is 11.8 Å². The summed E-state index contributed by atoms with van der Waals surface area (Å²) in [5.41, 5.74) is 6.09. The Morgan fingerprint density at radius 3 is 2.79 bits per heavy atom. The fraction of sp³-hybridized carbons (Fsp3) is 0.455. The van der Waals surface area contributed by atoms with E-state index in [0.29, 0.717) is 16.0 Å². The maximum absolute atomic E-state index is 11.9. The van der Waals surface area contributed by atoms with Crippen LogP contribution >= 0.6 is 23.5 Å². The average molecular weight is 372 g/mol. The number of fused-ring (bicyclic) bond motifs is 1. The maximum atomic E-state index is 11.9. The van der Waals surface area contributed by atoms with Crippen LogP contribution in [0.2, 0.25) is 0 Å². The summed E-state index contributed by atoms with van der Waals surface area (Å²) in [5.74, 6) is -1.29. The van der Waals surface area contributed by atoms with E-state index in [2.05, 4.69) is 15.5 Å².